The Bertz CT molecular complexity index is 650. The van der Waals surface area contributed by atoms with E-state index >= 15 is 0 Å². The first-order valence-electron chi connectivity index (χ1n) is 5.40. The molecular weight excluding hydrogens is 230 g/mol. The Morgan fingerprint density at radius 3 is 2.39 bits per heavy atom. The van der Waals surface area contributed by atoms with Gasteiger partial charge in [0.25, 0.3) is 0 Å². The van der Waals surface area contributed by atoms with E-state index in [0.29, 0.717) is 12.2 Å². The van der Waals surface area contributed by atoms with Crippen LogP contribution < -0.4 is 11.5 Å². The number of para-hydroxylation sites is 2. The standard InChI is InChI=1S/C11H11N7/c12-10-16-9(17-11(13)18-10)5-8-14-6-3-1-2-4-7(6)15-8/h1-4H,5H2,(H,14,15)(H4,12,13,16,17,18). The van der Waals surface area contributed by atoms with Crippen molar-refractivity contribution in [3.63, 3.8) is 0 Å². The number of aromatic amines is 1. The third-order valence-electron chi connectivity index (χ3n) is 2.48. The van der Waals surface area contributed by atoms with E-state index in [0.717, 1.165) is 16.9 Å². The summed E-state index contributed by atoms with van der Waals surface area (Å²) in [4.78, 5) is 19.4. The van der Waals surface area contributed by atoms with Gasteiger partial charge in [0, 0.05) is 0 Å². The lowest BCUT2D eigenvalue weighted by Gasteiger charge is -1.99. The summed E-state index contributed by atoms with van der Waals surface area (Å²) in [7, 11) is 0. The molecule has 5 N–H and O–H groups in total. The van der Waals surface area contributed by atoms with Crippen LogP contribution in [0.4, 0.5) is 11.9 Å². The predicted octanol–water partition coefficient (Wildman–Crippen LogP) is 0.503. The molecule has 3 aromatic rings. The van der Waals surface area contributed by atoms with Crippen molar-refractivity contribution in [3.05, 3.63) is 35.9 Å². The Labute approximate surface area is 102 Å². The molecule has 0 aliphatic carbocycles. The van der Waals surface area contributed by atoms with Crippen LogP contribution in [0.1, 0.15) is 11.6 Å². The van der Waals surface area contributed by atoms with Crippen molar-refractivity contribution in [2.24, 2.45) is 0 Å². The molecule has 0 amide bonds. The zero-order valence-electron chi connectivity index (χ0n) is 9.46. The predicted molar refractivity (Wildman–Crippen MR) is 67.6 cm³/mol. The van der Waals surface area contributed by atoms with Crippen molar-refractivity contribution < 1.29 is 0 Å². The molecule has 1 aromatic carbocycles. The SMILES string of the molecule is Nc1nc(N)nc(Cc2nc3ccccc3[nH]2)n1. The topological polar surface area (TPSA) is 119 Å². The maximum absolute atomic E-state index is 5.52. The summed E-state index contributed by atoms with van der Waals surface area (Å²) < 4.78 is 0. The molecule has 18 heavy (non-hydrogen) atoms. The highest BCUT2D eigenvalue weighted by molar-refractivity contribution is 5.74. The number of fused-ring (bicyclic) bond motifs is 1. The van der Waals surface area contributed by atoms with Crippen LogP contribution in [0, 0.1) is 0 Å². The van der Waals surface area contributed by atoms with Crippen molar-refractivity contribution in [2.75, 3.05) is 11.5 Å². The smallest absolute Gasteiger partial charge is 0.225 e. The number of nitrogens with zero attached hydrogens (tertiary/aromatic N) is 4. The molecule has 90 valence electrons. The summed E-state index contributed by atoms with van der Waals surface area (Å²) in [5.74, 6) is 1.50. The number of hydrogen-bond acceptors (Lipinski definition) is 6. The summed E-state index contributed by atoms with van der Waals surface area (Å²) in [5, 5.41) is 0. The quantitative estimate of drug-likeness (QED) is 0.601. The van der Waals surface area contributed by atoms with Gasteiger partial charge in [-0.2, -0.15) is 15.0 Å². The lowest BCUT2D eigenvalue weighted by Crippen LogP contribution is -2.07. The van der Waals surface area contributed by atoms with E-state index in [1.54, 1.807) is 0 Å². The fraction of sp³-hybridized carbons (Fsp3) is 0.0909. The van der Waals surface area contributed by atoms with Gasteiger partial charge in [-0.1, -0.05) is 12.1 Å². The fourth-order valence-corrected chi connectivity index (χ4v) is 1.78. The van der Waals surface area contributed by atoms with E-state index in [4.69, 9.17) is 11.5 Å². The molecule has 0 fully saturated rings. The number of H-pyrrole nitrogens is 1. The fourth-order valence-electron chi connectivity index (χ4n) is 1.78. The molecule has 0 saturated heterocycles. The maximum Gasteiger partial charge on any atom is 0.225 e. The second-order valence-corrected chi connectivity index (χ2v) is 3.85. The first-order valence-corrected chi connectivity index (χ1v) is 5.40. The lowest BCUT2D eigenvalue weighted by molar-refractivity contribution is 0.900. The molecule has 2 aromatic heterocycles. The van der Waals surface area contributed by atoms with Gasteiger partial charge in [0.2, 0.25) is 11.9 Å². The summed E-state index contributed by atoms with van der Waals surface area (Å²) in [6.45, 7) is 0. The molecule has 7 nitrogen and oxygen atoms in total. The van der Waals surface area contributed by atoms with E-state index in [9.17, 15) is 0 Å². The number of nitrogens with two attached hydrogens (primary N) is 2. The highest BCUT2D eigenvalue weighted by atomic mass is 15.1. The van der Waals surface area contributed by atoms with Gasteiger partial charge in [-0.05, 0) is 12.1 Å². The van der Waals surface area contributed by atoms with Gasteiger partial charge in [-0.25, -0.2) is 4.98 Å². The van der Waals surface area contributed by atoms with Gasteiger partial charge >= 0.3 is 0 Å². The van der Waals surface area contributed by atoms with E-state index in [-0.39, 0.29) is 11.9 Å². The molecule has 7 heteroatoms. The molecule has 0 aliphatic rings. The van der Waals surface area contributed by atoms with Crippen molar-refractivity contribution >= 4 is 22.9 Å². The number of anilines is 2. The summed E-state index contributed by atoms with van der Waals surface area (Å²) in [6.07, 6.45) is 0.436. The zero-order valence-corrected chi connectivity index (χ0v) is 9.46. The largest absolute Gasteiger partial charge is 0.368 e. The molecule has 0 atom stereocenters. The second kappa shape index (κ2) is 3.95. The minimum Gasteiger partial charge on any atom is -0.368 e. The van der Waals surface area contributed by atoms with Gasteiger partial charge in [-0.3, -0.25) is 0 Å². The first kappa shape index (κ1) is 10.5. The third-order valence-corrected chi connectivity index (χ3v) is 2.48. The van der Waals surface area contributed by atoms with Crippen LogP contribution in [0.2, 0.25) is 0 Å². The number of rotatable bonds is 2. The molecule has 0 aliphatic heterocycles. The van der Waals surface area contributed by atoms with Crippen molar-refractivity contribution in [3.8, 4) is 0 Å². The Morgan fingerprint density at radius 1 is 0.944 bits per heavy atom. The number of nitrogens with one attached hydrogen (secondary N) is 1. The number of hydrogen-bond donors (Lipinski definition) is 3. The molecule has 0 saturated carbocycles. The van der Waals surface area contributed by atoms with Crippen LogP contribution in [-0.2, 0) is 6.42 Å². The summed E-state index contributed by atoms with van der Waals surface area (Å²) in [5.41, 5.74) is 12.9. The van der Waals surface area contributed by atoms with Crippen molar-refractivity contribution in [2.45, 2.75) is 6.42 Å². The average Bonchev–Trinajstić information content (AvgIpc) is 2.69. The highest BCUT2D eigenvalue weighted by Gasteiger charge is 2.07. The average molecular weight is 241 g/mol. The molecule has 3 rings (SSSR count). The van der Waals surface area contributed by atoms with Gasteiger partial charge in [0.05, 0.1) is 17.5 Å². The van der Waals surface area contributed by atoms with Crippen molar-refractivity contribution in [1.29, 1.82) is 0 Å². The monoisotopic (exact) mass is 241 g/mol. The van der Waals surface area contributed by atoms with Gasteiger partial charge < -0.3 is 16.5 Å². The number of benzene rings is 1. The number of aromatic nitrogens is 5. The summed E-state index contributed by atoms with van der Waals surface area (Å²) in [6, 6.07) is 7.78. The number of imidazole rings is 1. The van der Waals surface area contributed by atoms with Crippen LogP contribution >= 0.6 is 0 Å². The Hall–Kier alpha value is -2.70. The van der Waals surface area contributed by atoms with E-state index in [1.807, 2.05) is 24.3 Å². The van der Waals surface area contributed by atoms with Crippen LogP contribution in [0.25, 0.3) is 11.0 Å². The maximum atomic E-state index is 5.52. The zero-order chi connectivity index (χ0) is 12.5. The van der Waals surface area contributed by atoms with Gasteiger partial charge in [0.1, 0.15) is 11.6 Å². The lowest BCUT2D eigenvalue weighted by atomic mass is 10.3. The van der Waals surface area contributed by atoms with Crippen LogP contribution in [0.15, 0.2) is 24.3 Å². The Kier molecular flexibility index (Phi) is 2.30. The Morgan fingerprint density at radius 2 is 1.67 bits per heavy atom. The first-order chi connectivity index (χ1) is 8.70. The summed E-state index contributed by atoms with van der Waals surface area (Å²) >= 11 is 0. The second-order valence-electron chi connectivity index (χ2n) is 3.85. The minimum atomic E-state index is 0.119. The van der Waals surface area contributed by atoms with Gasteiger partial charge in [-0.15, -0.1) is 0 Å². The van der Waals surface area contributed by atoms with E-state index < -0.39 is 0 Å². The highest BCUT2D eigenvalue weighted by Crippen LogP contribution is 2.12. The molecule has 0 unspecified atom stereocenters. The van der Waals surface area contributed by atoms with Crippen LogP contribution in [0.3, 0.4) is 0 Å². The molecule has 0 bridgehead atoms. The van der Waals surface area contributed by atoms with Crippen LogP contribution in [-0.4, -0.2) is 24.9 Å². The van der Waals surface area contributed by atoms with Crippen LogP contribution in [0.5, 0.6) is 0 Å². The molecule has 0 spiro atoms. The Balaban J connectivity index is 1.96. The molecular formula is C11H11N7. The van der Waals surface area contributed by atoms with E-state index in [2.05, 4.69) is 24.9 Å². The molecule has 0 radical (unpaired) electrons. The third kappa shape index (κ3) is 1.93. The van der Waals surface area contributed by atoms with E-state index in [1.165, 1.54) is 0 Å². The number of nitrogen functional groups attached to an aromatic ring is 2. The van der Waals surface area contributed by atoms with Crippen molar-refractivity contribution in [1.82, 2.24) is 24.9 Å². The molecule has 2 heterocycles. The minimum absolute atomic E-state index is 0.119. The normalized spacial score (nSPS) is 10.9. The van der Waals surface area contributed by atoms with Gasteiger partial charge in [0.15, 0.2) is 0 Å².